The summed E-state index contributed by atoms with van der Waals surface area (Å²) in [6.45, 7) is 13.5. The number of rotatable bonds is 17. The van der Waals surface area contributed by atoms with Crippen LogP contribution in [-0.4, -0.2) is 52.4 Å². The first kappa shape index (κ1) is 19.8. The van der Waals surface area contributed by atoms with Gasteiger partial charge in [-0.05, 0) is 84.5 Å². The van der Waals surface area contributed by atoms with Crippen LogP contribution < -0.4 is 21.3 Å². The van der Waals surface area contributed by atoms with Crippen LogP contribution in [0.4, 0.5) is 0 Å². The van der Waals surface area contributed by atoms with Gasteiger partial charge < -0.3 is 21.3 Å². The number of unbranched alkanes of at least 4 members (excludes halogenated alkanes) is 2. The highest BCUT2D eigenvalue weighted by Crippen LogP contribution is 1.85. The van der Waals surface area contributed by atoms with Crippen molar-refractivity contribution in [1.29, 1.82) is 0 Å². The smallest absolute Gasteiger partial charge is 0.00368 e. The molecular formula is C16H38N4. The van der Waals surface area contributed by atoms with Gasteiger partial charge in [0.25, 0.3) is 0 Å². The predicted molar refractivity (Wildman–Crippen MR) is 90.5 cm³/mol. The summed E-state index contributed by atoms with van der Waals surface area (Å²) in [4.78, 5) is 0. The molecule has 0 aromatic rings. The van der Waals surface area contributed by atoms with Gasteiger partial charge in [0, 0.05) is 0 Å². The fourth-order valence-electron chi connectivity index (χ4n) is 2.03. The van der Waals surface area contributed by atoms with Crippen molar-refractivity contribution in [2.75, 3.05) is 52.4 Å². The lowest BCUT2D eigenvalue weighted by molar-refractivity contribution is 0.547. The van der Waals surface area contributed by atoms with Crippen LogP contribution in [0.2, 0.25) is 0 Å². The molecule has 0 spiro atoms. The van der Waals surface area contributed by atoms with E-state index in [1.54, 1.807) is 0 Å². The van der Waals surface area contributed by atoms with Gasteiger partial charge in [-0.3, -0.25) is 0 Å². The van der Waals surface area contributed by atoms with E-state index in [2.05, 4.69) is 35.1 Å². The van der Waals surface area contributed by atoms with Crippen LogP contribution in [0.25, 0.3) is 0 Å². The molecule has 0 aromatic carbocycles. The Balaban J connectivity index is 2.89. The van der Waals surface area contributed by atoms with Crippen LogP contribution in [0.1, 0.15) is 52.4 Å². The monoisotopic (exact) mass is 286 g/mol. The van der Waals surface area contributed by atoms with Crippen molar-refractivity contribution in [2.45, 2.75) is 52.4 Å². The van der Waals surface area contributed by atoms with E-state index in [9.17, 15) is 0 Å². The van der Waals surface area contributed by atoms with Crippen LogP contribution in [-0.2, 0) is 0 Å². The average molecular weight is 287 g/mol. The molecule has 0 fully saturated rings. The second-order valence-electron chi connectivity index (χ2n) is 5.37. The fraction of sp³-hybridized carbons (Fsp3) is 1.00. The summed E-state index contributed by atoms with van der Waals surface area (Å²) in [5.41, 5.74) is 0. The summed E-state index contributed by atoms with van der Waals surface area (Å²) >= 11 is 0. The van der Waals surface area contributed by atoms with Crippen molar-refractivity contribution in [3.8, 4) is 0 Å². The SMILES string of the molecule is CCCCNCCCNCCCNCCCCNCC. The third-order valence-electron chi connectivity index (χ3n) is 3.33. The van der Waals surface area contributed by atoms with Gasteiger partial charge in [0.05, 0.1) is 0 Å². The molecule has 4 nitrogen and oxygen atoms in total. The molecule has 0 bridgehead atoms. The van der Waals surface area contributed by atoms with Crippen molar-refractivity contribution in [1.82, 2.24) is 21.3 Å². The Bertz CT molecular complexity index is 147. The standard InChI is InChI=1S/C16H38N4/c1-3-5-10-18-13-8-15-20-16-9-14-19-12-7-6-11-17-4-2/h17-20H,3-16H2,1-2H3. The molecule has 0 rings (SSSR count). The quantitative estimate of drug-likeness (QED) is 0.308. The van der Waals surface area contributed by atoms with E-state index >= 15 is 0 Å². The summed E-state index contributed by atoms with van der Waals surface area (Å²) in [5.74, 6) is 0. The molecule has 0 saturated carbocycles. The maximum atomic E-state index is 3.51. The summed E-state index contributed by atoms with van der Waals surface area (Å²) < 4.78 is 0. The van der Waals surface area contributed by atoms with E-state index in [4.69, 9.17) is 0 Å². The highest BCUT2D eigenvalue weighted by Gasteiger charge is 1.91. The van der Waals surface area contributed by atoms with Crippen molar-refractivity contribution >= 4 is 0 Å². The topological polar surface area (TPSA) is 48.1 Å². The van der Waals surface area contributed by atoms with Crippen LogP contribution in [0, 0.1) is 0 Å². The molecule has 0 atom stereocenters. The Morgan fingerprint density at radius 3 is 1.30 bits per heavy atom. The minimum atomic E-state index is 1.09. The van der Waals surface area contributed by atoms with Crippen LogP contribution in [0.3, 0.4) is 0 Å². The van der Waals surface area contributed by atoms with E-state index in [1.165, 1.54) is 45.1 Å². The lowest BCUT2D eigenvalue weighted by atomic mass is 10.3. The van der Waals surface area contributed by atoms with Crippen molar-refractivity contribution < 1.29 is 0 Å². The molecule has 0 heterocycles. The van der Waals surface area contributed by atoms with E-state index in [0.29, 0.717) is 0 Å². The Morgan fingerprint density at radius 2 is 0.850 bits per heavy atom. The Labute approximate surface area is 126 Å². The van der Waals surface area contributed by atoms with Gasteiger partial charge in [-0.2, -0.15) is 0 Å². The zero-order valence-electron chi connectivity index (χ0n) is 13.9. The predicted octanol–water partition coefficient (Wildman–Crippen LogP) is 1.73. The number of nitrogens with one attached hydrogen (secondary N) is 4. The molecular weight excluding hydrogens is 248 g/mol. The third kappa shape index (κ3) is 17.8. The van der Waals surface area contributed by atoms with Gasteiger partial charge in [0.15, 0.2) is 0 Å². The summed E-state index contributed by atoms with van der Waals surface area (Å²) in [6, 6.07) is 0. The third-order valence-corrected chi connectivity index (χ3v) is 3.33. The van der Waals surface area contributed by atoms with Gasteiger partial charge in [-0.15, -0.1) is 0 Å². The summed E-state index contributed by atoms with van der Waals surface area (Å²) in [5, 5.41) is 13.8. The van der Waals surface area contributed by atoms with Crippen molar-refractivity contribution in [3.05, 3.63) is 0 Å². The van der Waals surface area contributed by atoms with Gasteiger partial charge in [0.1, 0.15) is 0 Å². The molecule has 122 valence electrons. The van der Waals surface area contributed by atoms with Gasteiger partial charge in [-0.1, -0.05) is 20.3 Å². The lowest BCUT2D eigenvalue weighted by Crippen LogP contribution is -2.26. The normalized spacial score (nSPS) is 11.1. The van der Waals surface area contributed by atoms with Crippen LogP contribution >= 0.6 is 0 Å². The molecule has 20 heavy (non-hydrogen) atoms. The number of hydrogen-bond donors (Lipinski definition) is 4. The fourth-order valence-corrected chi connectivity index (χ4v) is 2.03. The highest BCUT2D eigenvalue weighted by molar-refractivity contribution is 4.55. The molecule has 0 amide bonds. The Hall–Kier alpha value is -0.160. The Morgan fingerprint density at radius 1 is 0.450 bits per heavy atom. The molecule has 0 aliphatic rings. The first-order valence-electron chi connectivity index (χ1n) is 8.74. The molecule has 0 unspecified atom stereocenters. The molecule has 4 N–H and O–H groups in total. The maximum Gasteiger partial charge on any atom is -0.00368 e. The summed E-state index contributed by atoms with van der Waals surface area (Å²) in [6.07, 6.45) is 7.62. The van der Waals surface area contributed by atoms with E-state index < -0.39 is 0 Å². The second-order valence-corrected chi connectivity index (χ2v) is 5.37. The largest absolute Gasteiger partial charge is 0.317 e. The van der Waals surface area contributed by atoms with Gasteiger partial charge in [0.2, 0.25) is 0 Å². The zero-order chi connectivity index (χ0) is 14.7. The second kappa shape index (κ2) is 18.8. The minimum absolute atomic E-state index is 1.09. The molecule has 0 saturated heterocycles. The molecule has 0 aliphatic heterocycles. The molecule has 0 radical (unpaired) electrons. The highest BCUT2D eigenvalue weighted by atomic mass is 14.9. The average Bonchev–Trinajstić information content (AvgIpc) is 2.47. The Kier molecular flexibility index (Phi) is 18.7. The lowest BCUT2D eigenvalue weighted by Gasteiger charge is -2.07. The molecule has 0 aromatic heterocycles. The van der Waals surface area contributed by atoms with Crippen molar-refractivity contribution in [2.24, 2.45) is 0 Å². The summed E-state index contributed by atoms with van der Waals surface area (Å²) in [7, 11) is 0. The molecule has 4 heteroatoms. The minimum Gasteiger partial charge on any atom is -0.317 e. The first-order valence-corrected chi connectivity index (χ1v) is 8.74. The van der Waals surface area contributed by atoms with E-state index in [0.717, 1.165) is 45.8 Å². The van der Waals surface area contributed by atoms with Crippen molar-refractivity contribution in [3.63, 3.8) is 0 Å². The van der Waals surface area contributed by atoms with Gasteiger partial charge >= 0.3 is 0 Å². The zero-order valence-corrected chi connectivity index (χ0v) is 13.9. The van der Waals surface area contributed by atoms with Gasteiger partial charge in [-0.25, -0.2) is 0 Å². The number of hydrogen-bond acceptors (Lipinski definition) is 4. The van der Waals surface area contributed by atoms with E-state index in [1.807, 2.05) is 0 Å². The first-order chi connectivity index (χ1) is 9.91. The van der Waals surface area contributed by atoms with Crippen LogP contribution in [0.5, 0.6) is 0 Å². The van der Waals surface area contributed by atoms with Crippen LogP contribution in [0.15, 0.2) is 0 Å². The van der Waals surface area contributed by atoms with E-state index in [-0.39, 0.29) is 0 Å². The molecule has 0 aliphatic carbocycles. The maximum absolute atomic E-state index is 3.51.